The Morgan fingerprint density at radius 3 is 2.33 bits per heavy atom. The SMILES string of the molecule is CCCc1nc(Br)cc(-c2cc(F)cc(F)c2)n1. The van der Waals surface area contributed by atoms with Crippen LogP contribution in [0.2, 0.25) is 0 Å². The number of hydrogen-bond acceptors (Lipinski definition) is 2. The van der Waals surface area contributed by atoms with E-state index in [-0.39, 0.29) is 0 Å². The van der Waals surface area contributed by atoms with Crippen LogP contribution in [0.15, 0.2) is 28.9 Å². The number of aryl methyl sites for hydroxylation is 1. The molecule has 0 aliphatic carbocycles. The van der Waals surface area contributed by atoms with E-state index < -0.39 is 11.6 Å². The van der Waals surface area contributed by atoms with Gasteiger partial charge < -0.3 is 0 Å². The fourth-order valence-electron chi connectivity index (χ4n) is 1.65. The van der Waals surface area contributed by atoms with Crippen LogP contribution in [0.3, 0.4) is 0 Å². The van der Waals surface area contributed by atoms with Gasteiger partial charge in [0, 0.05) is 18.1 Å². The summed E-state index contributed by atoms with van der Waals surface area (Å²) in [6.45, 7) is 2.02. The van der Waals surface area contributed by atoms with Crippen molar-refractivity contribution in [1.82, 2.24) is 9.97 Å². The minimum atomic E-state index is -0.614. The van der Waals surface area contributed by atoms with Crippen LogP contribution < -0.4 is 0 Å². The van der Waals surface area contributed by atoms with Crippen LogP contribution in [-0.2, 0) is 6.42 Å². The first-order valence-electron chi connectivity index (χ1n) is 5.58. The van der Waals surface area contributed by atoms with E-state index in [1.54, 1.807) is 6.07 Å². The van der Waals surface area contributed by atoms with Gasteiger partial charge >= 0.3 is 0 Å². The van der Waals surface area contributed by atoms with Gasteiger partial charge in [-0.2, -0.15) is 0 Å². The molecule has 2 nitrogen and oxygen atoms in total. The molecular weight excluding hydrogens is 302 g/mol. The third kappa shape index (κ3) is 3.10. The lowest BCUT2D eigenvalue weighted by molar-refractivity contribution is 0.584. The van der Waals surface area contributed by atoms with Gasteiger partial charge in [0.25, 0.3) is 0 Å². The molecule has 5 heteroatoms. The summed E-state index contributed by atoms with van der Waals surface area (Å²) in [5.74, 6) is -0.569. The second kappa shape index (κ2) is 5.52. The van der Waals surface area contributed by atoms with Gasteiger partial charge in [0.05, 0.1) is 5.69 Å². The van der Waals surface area contributed by atoms with Gasteiger partial charge in [-0.1, -0.05) is 6.92 Å². The summed E-state index contributed by atoms with van der Waals surface area (Å²) in [6, 6.07) is 5.00. The van der Waals surface area contributed by atoms with Crippen LogP contribution in [0.1, 0.15) is 19.2 Å². The van der Waals surface area contributed by atoms with E-state index in [4.69, 9.17) is 0 Å². The van der Waals surface area contributed by atoms with Gasteiger partial charge in [0.15, 0.2) is 0 Å². The first-order valence-corrected chi connectivity index (χ1v) is 6.37. The van der Waals surface area contributed by atoms with E-state index in [9.17, 15) is 8.78 Å². The molecule has 0 bridgehead atoms. The number of halogens is 3. The van der Waals surface area contributed by atoms with Gasteiger partial charge in [-0.15, -0.1) is 0 Å². The number of benzene rings is 1. The monoisotopic (exact) mass is 312 g/mol. The molecule has 0 atom stereocenters. The van der Waals surface area contributed by atoms with E-state index in [1.807, 2.05) is 6.92 Å². The second-order valence-corrected chi connectivity index (χ2v) is 4.71. The van der Waals surface area contributed by atoms with Crippen LogP contribution in [0.4, 0.5) is 8.78 Å². The van der Waals surface area contributed by atoms with E-state index in [0.717, 1.165) is 18.9 Å². The van der Waals surface area contributed by atoms with Gasteiger partial charge in [0.2, 0.25) is 0 Å². The van der Waals surface area contributed by atoms with Gasteiger partial charge in [-0.3, -0.25) is 0 Å². The summed E-state index contributed by atoms with van der Waals surface area (Å²) in [5, 5.41) is 0. The summed E-state index contributed by atoms with van der Waals surface area (Å²) >= 11 is 3.28. The van der Waals surface area contributed by atoms with Crippen molar-refractivity contribution in [1.29, 1.82) is 0 Å². The Morgan fingerprint density at radius 1 is 1.06 bits per heavy atom. The van der Waals surface area contributed by atoms with Crippen molar-refractivity contribution in [2.24, 2.45) is 0 Å². The fraction of sp³-hybridized carbons (Fsp3) is 0.231. The minimum absolute atomic E-state index is 0.410. The fourth-order valence-corrected chi connectivity index (χ4v) is 2.07. The Balaban J connectivity index is 2.49. The maximum absolute atomic E-state index is 13.2. The molecule has 2 aromatic rings. The molecule has 1 aromatic carbocycles. The Hall–Kier alpha value is -1.36. The van der Waals surface area contributed by atoms with Gasteiger partial charge in [-0.05, 0) is 40.5 Å². The van der Waals surface area contributed by atoms with Crippen molar-refractivity contribution in [3.05, 3.63) is 46.3 Å². The zero-order valence-corrected chi connectivity index (χ0v) is 11.3. The number of rotatable bonds is 3. The Labute approximate surface area is 112 Å². The molecule has 0 aliphatic rings. The zero-order chi connectivity index (χ0) is 13.1. The zero-order valence-electron chi connectivity index (χ0n) is 9.75. The van der Waals surface area contributed by atoms with Crippen molar-refractivity contribution in [2.45, 2.75) is 19.8 Å². The highest BCUT2D eigenvalue weighted by atomic mass is 79.9. The predicted molar refractivity (Wildman–Crippen MR) is 69.1 cm³/mol. The van der Waals surface area contributed by atoms with Crippen LogP contribution in [0.5, 0.6) is 0 Å². The van der Waals surface area contributed by atoms with Crippen molar-refractivity contribution < 1.29 is 8.78 Å². The molecule has 0 amide bonds. The highest BCUT2D eigenvalue weighted by Crippen LogP contribution is 2.22. The summed E-state index contributed by atoms with van der Waals surface area (Å²) in [4.78, 5) is 8.51. The summed E-state index contributed by atoms with van der Waals surface area (Å²) in [6.07, 6.45) is 1.64. The quantitative estimate of drug-likeness (QED) is 0.796. The number of nitrogens with zero attached hydrogens (tertiary/aromatic N) is 2. The average molecular weight is 313 g/mol. The maximum atomic E-state index is 13.2. The lowest BCUT2D eigenvalue weighted by atomic mass is 10.1. The third-order valence-corrected chi connectivity index (χ3v) is 2.78. The topological polar surface area (TPSA) is 25.8 Å². The highest BCUT2D eigenvalue weighted by Gasteiger charge is 2.08. The van der Waals surface area contributed by atoms with Crippen molar-refractivity contribution >= 4 is 15.9 Å². The van der Waals surface area contributed by atoms with E-state index in [2.05, 4.69) is 25.9 Å². The highest BCUT2D eigenvalue weighted by molar-refractivity contribution is 9.10. The van der Waals surface area contributed by atoms with E-state index >= 15 is 0 Å². The third-order valence-electron chi connectivity index (χ3n) is 2.37. The molecule has 0 spiro atoms. The maximum Gasteiger partial charge on any atom is 0.130 e. The largest absolute Gasteiger partial charge is 0.233 e. The molecule has 0 unspecified atom stereocenters. The molecule has 1 heterocycles. The van der Waals surface area contributed by atoms with Crippen LogP contribution >= 0.6 is 15.9 Å². The van der Waals surface area contributed by atoms with Crippen LogP contribution in [0.25, 0.3) is 11.3 Å². The molecule has 0 saturated heterocycles. The standard InChI is InChI=1S/C13H11BrF2N2/c1-2-3-13-17-11(7-12(14)18-13)8-4-9(15)6-10(16)5-8/h4-7H,2-3H2,1H3. The number of hydrogen-bond donors (Lipinski definition) is 0. The molecule has 94 valence electrons. The summed E-state index contributed by atoms with van der Waals surface area (Å²) in [5.41, 5.74) is 0.923. The first-order chi connectivity index (χ1) is 8.58. The Bertz CT molecular complexity index is 553. The van der Waals surface area contributed by atoms with E-state index in [0.29, 0.717) is 21.7 Å². The normalized spacial score (nSPS) is 10.7. The smallest absolute Gasteiger partial charge is 0.130 e. The van der Waals surface area contributed by atoms with Crippen molar-refractivity contribution in [2.75, 3.05) is 0 Å². The molecule has 2 rings (SSSR count). The Morgan fingerprint density at radius 2 is 1.72 bits per heavy atom. The first kappa shape index (κ1) is 13.1. The van der Waals surface area contributed by atoms with Gasteiger partial charge in [-0.25, -0.2) is 18.7 Å². The molecule has 0 radical (unpaired) electrons. The molecule has 18 heavy (non-hydrogen) atoms. The summed E-state index contributed by atoms with van der Waals surface area (Å²) in [7, 11) is 0. The molecule has 0 N–H and O–H groups in total. The lowest BCUT2D eigenvalue weighted by Gasteiger charge is -2.05. The van der Waals surface area contributed by atoms with Crippen LogP contribution in [-0.4, -0.2) is 9.97 Å². The Kier molecular flexibility index (Phi) is 4.01. The molecule has 1 aromatic heterocycles. The molecule has 0 fully saturated rings. The van der Waals surface area contributed by atoms with Crippen molar-refractivity contribution in [3.63, 3.8) is 0 Å². The minimum Gasteiger partial charge on any atom is -0.233 e. The number of aromatic nitrogens is 2. The van der Waals surface area contributed by atoms with Crippen LogP contribution in [0, 0.1) is 11.6 Å². The van der Waals surface area contributed by atoms with E-state index in [1.165, 1.54) is 12.1 Å². The lowest BCUT2D eigenvalue weighted by Crippen LogP contribution is -1.97. The summed E-state index contributed by atoms with van der Waals surface area (Å²) < 4.78 is 26.9. The van der Waals surface area contributed by atoms with Crippen molar-refractivity contribution in [3.8, 4) is 11.3 Å². The average Bonchev–Trinajstić information content (AvgIpc) is 2.27. The second-order valence-electron chi connectivity index (χ2n) is 3.90. The van der Waals surface area contributed by atoms with Gasteiger partial charge in [0.1, 0.15) is 22.1 Å². The molecule has 0 saturated carbocycles. The predicted octanol–water partition coefficient (Wildman–Crippen LogP) is 4.14. The molecule has 0 aliphatic heterocycles. The molecular formula is C13H11BrF2N2.